The zero-order valence-electron chi connectivity index (χ0n) is 19.4. The molecule has 0 spiro atoms. The number of benzene rings is 3. The van der Waals surface area contributed by atoms with Gasteiger partial charge in [0.15, 0.2) is 0 Å². The van der Waals surface area contributed by atoms with Crippen molar-refractivity contribution in [3.05, 3.63) is 83.4 Å². The smallest absolute Gasteiger partial charge is 0.353 e. The molecule has 0 unspecified atom stereocenters. The van der Waals surface area contributed by atoms with E-state index in [4.69, 9.17) is 0 Å². The zero-order chi connectivity index (χ0) is 24.3. The van der Waals surface area contributed by atoms with Gasteiger partial charge in [-0.15, -0.1) is 0 Å². The Morgan fingerprint density at radius 2 is 1.74 bits per heavy atom. The average molecular weight is 470 g/mol. The third-order valence-electron chi connectivity index (χ3n) is 6.24. The van der Waals surface area contributed by atoms with Crippen LogP contribution in [0.2, 0.25) is 0 Å². The van der Waals surface area contributed by atoms with Crippen molar-refractivity contribution in [3.8, 4) is 0 Å². The van der Waals surface area contributed by atoms with Crippen molar-refractivity contribution >= 4 is 16.7 Å². The number of rotatable bonds is 7. The molecule has 7 heteroatoms. The van der Waals surface area contributed by atoms with Crippen molar-refractivity contribution in [2.24, 2.45) is 0 Å². The van der Waals surface area contributed by atoms with E-state index in [9.17, 15) is 18.0 Å². The Bertz CT molecular complexity index is 1150. The highest BCUT2D eigenvalue weighted by Gasteiger charge is 2.37. The van der Waals surface area contributed by atoms with Crippen LogP contribution in [0.5, 0.6) is 0 Å². The first-order valence-corrected chi connectivity index (χ1v) is 11.6. The van der Waals surface area contributed by atoms with Gasteiger partial charge in [0.2, 0.25) is 5.91 Å². The number of hydrogen-bond donors (Lipinski definition) is 2. The monoisotopic (exact) mass is 469 g/mol. The normalized spacial score (nSPS) is 19.1. The first-order chi connectivity index (χ1) is 16.2. The molecule has 1 amide bonds. The number of carbonyl (C=O) groups is 1. The predicted octanol–water partition coefficient (Wildman–Crippen LogP) is 5.12. The van der Waals surface area contributed by atoms with E-state index in [0.717, 1.165) is 22.4 Å². The van der Waals surface area contributed by atoms with Crippen LogP contribution < -0.4 is 10.6 Å². The molecule has 0 saturated carbocycles. The fourth-order valence-electron chi connectivity index (χ4n) is 4.66. The molecule has 2 atom stereocenters. The van der Waals surface area contributed by atoms with E-state index in [-0.39, 0.29) is 36.1 Å². The largest absolute Gasteiger partial charge is 0.416 e. The molecule has 1 aliphatic heterocycles. The number of halogens is 3. The van der Waals surface area contributed by atoms with Gasteiger partial charge in [-0.25, -0.2) is 0 Å². The maximum atomic E-state index is 13.4. The number of amides is 1. The second kappa shape index (κ2) is 10.2. The second-order valence-corrected chi connectivity index (χ2v) is 9.26. The van der Waals surface area contributed by atoms with Crippen molar-refractivity contribution in [2.75, 3.05) is 6.54 Å². The Morgan fingerprint density at radius 3 is 2.47 bits per heavy atom. The lowest BCUT2D eigenvalue weighted by Crippen LogP contribution is -2.45. The van der Waals surface area contributed by atoms with E-state index in [1.165, 1.54) is 12.1 Å². The van der Waals surface area contributed by atoms with Gasteiger partial charge in [0.05, 0.1) is 11.6 Å². The average Bonchev–Trinajstić information content (AvgIpc) is 3.19. The van der Waals surface area contributed by atoms with Crippen LogP contribution in [-0.2, 0) is 24.1 Å². The molecule has 4 rings (SSSR count). The van der Waals surface area contributed by atoms with Crippen molar-refractivity contribution in [2.45, 2.75) is 57.7 Å². The van der Waals surface area contributed by atoms with Crippen LogP contribution in [-0.4, -0.2) is 35.5 Å². The lowest BCUT2D eigenvalue weighted by atomic mass is 10.1. The number of fused-ring (bicyclic) bond motifs is 1. The summed E-state index contributed by atoms with van der Waals surface area (Å²) in [6, 6.07) is 19.6. The van der Waals surface area contributed by atoms with Crippen LogP contribution in [0.25, 0.3) is 10.8 Å². The molecular formula is C27H30F3N3O. The summed E-state index contributed by atoms with van der Waals surface area (Å²) in [5.41, 5.74) is 0.692. The van der Waals surface area contributed by atoms with Gasteiger partial charge < -0.3 is 10.6 Å². The summed E-state index contributed by atoms with van der Waals surface area (Å²) in [6.07, 6.45) is -3.85. The summed E-state index contributed by atoms with van der Waals surface area (Å²) in [5.74, 6) is -0.0456. The van der Waals surface area contributed by atoms with Crippen LogP contribution in [0.3, 0.4) is 0 Å². The Hall–Kier alpha value is -2.90. The molecule has 3 aromatic rings. The molecule has 180 valence electrons. The van der Waals surface area contributed by atoms with E-state index in [0.29, 0.717) is 19.5 Å². The van der Waals surface area contributed by atoms with Crippen molar-refractivity contribution in [1.82, 2.24) is 15.5 Å². The highest BCUT2D eigenvalue weighted by Crippen LogP contribution is 2.32. The zero-order valence-corrected chi connectivity index (χ0v) is 19.4. The van der Waals surface area contributed by atoms with Crippen molar-refractivity contribution < 1.29 is 18.0 Å². The SMILES string of the molecule is CC(C)NC(=O)[C@@H]1C[C@@H](NCc2ccccc2C(F)(F)F)CN1Cc1ccc2ccccc2c1. The number of hydrogen-bond acceptors (Lipinski definition) is 3. The molecular weight excluding hydrogens is 439 g/mol. The van der Waals surface area contributed by atoms with Gasteiger partial charge in [0, 0.05) is 31.7 Å². The van der Waals surface area contributed by atoms with Crippen LogP contribution in [0.1, 0.15) is 37.0 Å². The maximum absolute atomic E-state index is 13.4. The van der Waals surface area contributed by atoms with E-state index < -0.39 is 11.7 Å². The van der Waals surface area contributed by atoms with Gasteiger partial charge in [0.1, 0.15) is 0 Å². The minimum atomic E-state index is -4.39. The lowest BCUT2D eigenvalue weighted by Gasteiger charge is -2.24. The molecule has 1 aliphatic rings. The molecule has 0 aromatic heterocycles. The molecule has 1 heterocycles. The molecule has 4 nitrogen and oxygen atoms in total. The summed E-state index contributed by atoms with van der Waals surface area (Å²) in [6.45, 7) is 5.12. The Morgan fingerprint density at radius 1 is 1.03 bits per heavy atom. The maximum Gasteiger partial charge on any atom is 0.416 e. The Kier molecular flexibility index (Phi) is 7.24. The highest BCUT2D eigenvalue weighted by molar-refractivity contribution is 5.83. The van der Waals surface area contributed by atoms with Crippen LogP contribution >= 0.6 is 0 Å². The molecule has 0 aliphatic carbocycles. The van der Waals surface area contributed by atoms with Crippen LogP contribution in [0.15, 0.2) is 66.7 Å². The van der Waals surface area contributed by atoms with Gasteiger partial charge in [-0.05, 0) is 54.3 Å². The third-order valence-corrected chi connectivity index (χ3v) is 6.24. The number of alkyl halides is 3. The van der Waals surface area contributed by atoms with Gasteiger partial charge in [0.25, 0.3) is 0 Å². The fraction of sp³-hybridized carbons (Fsp3) is 0.370. The number of carbonyl (C=O) groups excluding carboxylic acids is 1. The third kappa shape index (κ3) is 5.77. The van der Waals surface area contributed by atoms with E-state index in [1.54, 1.807) is 6.07 Å². The van der Waals surface area contributed by atoms with Gasteiger partial charge in [-0.1, -0.05) is 54.6 Å². The number of nitrogens with one attached hydrogen (secondary N) is 2. The molecule has 0 bridgehead atoms. The van der Waals surface area contributed by atoms with Gasteiger partial charge in [-0.3, -0.25) is 9.69 Å². The number of nitrogens with zero attached hydrogens (tertiary/aromatic N) is 1. The number of likely N-dealkylation sites (tertiary alicyclic amines) is 1. The van der Waals surface area contributed by atoms with E-state index >= 15 is 0 Å². The Balaban J connectivity index is 1.49. The first kappa shape index (κ1) is 24.2. The fourth-order valence-corrected chi connectivity index (χ4v) is 4.66. The van der Waals surface area contributed by atoms with Crippen molar-refractivity contribution in [1.29, 1.82) is 0 Å². The van der Waals surface area contributed by atoms with E-state index in [1.807, 2.05) is 26.0 Å². The standard InChI is InChI=1S/C27H30F3N3O/c1-18(2)32-26(34)25-14-23(31-15-22-9-5-6-10-24(22)27(28,29)30)17-33(25)16-19-11-12-20-7-3-4-8-21(20)13-19/h3-13,18,23,25,31H,14-17H2,1-2H3,(H,32,34)/t23-,25+/m1/s1. The second-order valence-electron chi connectivity index (χ2n) is 9.26. The van der Waals surface area contributed by atoms with Gasteiger partial charge in [-0.2, -0.15) is 13.2 Å². The highest BCUT2D eigenvalue weighted by atomic mass is 19.4. The van der Waals surface area contributed by atoms with Crippen LogP contribution in [0, 0.1) is 0 Å². The summed E-state index contributed by atoms with van der Waals surface area (Å²) in [5, 5.41) is 8.57. The molecule has 1 saturated heterocycles. The molecule has 1 fully saturated rings. The van der Waals surface area contributed by atoms with Crippen LogP contribution in [0.4, 0.5) is 13.2 Å². The summed E-state index contributed by atoms with van der Waals surface area (Å²) in [7, 11) is 0. The topological polar surface area (TPSA) is 44.4 Å². The molecule has 3 aromatic carbocycles. The minimum absolute atomic E-state index is 0.0145. The molecule has 2 N–H and O–H groups in total. The quantitative estimate of drug-likeness (QED) is 0.505. The summed E-state index contributed by atoms with van der Waals surface area (Å²) < 4.78 is 40.1. The summed E-state index contributed by atoms with van der Waals surface area (Å²) in [4.78, 5) is 15.1. The van der Waals surface area contributed by atoms with Gasteiger partial charge >= 0.3 is 6.18 Å². The summed E-state index contributed by atoms with van der Waals surface area (Å²) >= 11 is 0. The predicted molar refractivity (Wildman–Crippen MR) is 128 cm³/mol. The Labute approximate surface area is 198 Å². The molecule has 0 radical (unpaired) electrons. The minimum Gasteiger partial charge on any atom is -0.353 e. The first-order valence-electron chi connectivity index (χ1n) is 11.6. The molecule has 34 heavy (non-hydrogen) atoms. The van der Waals surface area contributed by atoms with E-state index in [2.05, 4.69) is 45.9 Å². The van der Waals surface area contributed by atoms with Crippen molar-refractivity contribution in [3.63, 3.8) is 0 Å². The lowest BCUT2D eigenvalue weighted by molar-refractivity contribution is -0.138.